The summed E-state index contributed by atoms with van der Waals surface area (Å²) in [7, 11) is 0. The molecule has 0 aromatic carbocycles. The molecule has 0 radical (unpaired) electrons. The predicted octanol–water partition coefficient (Wildman–Crippen LogP) is 3.58. The van der Waals surface area contributed by atoms with Crippen molar-refractivity contribution in [3.05, 3.63) is 0 Å². The van der Waals surface area contributed by atoms with Crippen LogP contribution in [0.4, 0.5) is 8.78 Å². The van der Waals surface area contributed by atoms with Crippen LogP contribution in [0.25, 0.3) is 0 Å². The summed E-state index contributed by atoms with van der Waals surface area (Å²) in [5.41, 5.74) is 0. The van der Waals surface area contributed by atoms with Crippen LogP contribution < -0.4 is 5.32 Å². The minimum atomic E-state index is -2.57. The second-order valence-corrected chi connectivity index (χ2v) is 5.51. The number of carbonyl (C=O) groups is 1. The summed E-state index contributed by atoms with van der Waals surface area (Å²) >= 11 is 5.67. The number of hydrogen-bond acceptors (Lipinski definition) is 1. The molecule has 0 saturated heterocycles. The van der Waals surface area contributed by atoms with Crippen LogP contribution >= 0.6 is 11.6 Å². The van der Waals surface area contributed by atoms with Crippen molar-refractivity contribution < 1.29 is 13.6 Å². The van der Waals surface area contributed by atoms with Crippen LogP contribution in [0.15, 0.2) is 0 Å². The fourth-order valence-corrected chi connectivity index (χ4v) is 2.61. The Bertz CT molecular complexity index is 264. The van der Waals surface area contributed by atoms with Crippen molar-refractivity contribution >= 4 is 17.5 Å². The highest BCUT2D eigenvalue weighted by molar-refractivity contribution is 6.17. The molecule has 2 nitrogen and oxygen atoms in total. The van der Waals surface area contributed by atoms with Gasteiger partial charge in [-0.2, -0.15) is 0 Å². The van der Waals surface area contributed by atoms with Gasteiger partial charge in [0, 0.05) is 31.2 Å². The molecular formula is C13H22ClF2NO. The number of alkyl halides is 3. The Balaban J connectivity index is 2.29. The lowest BCUT2D eigenvalue weighted by Gasteiger charge is -2.27. The molecule has 1 amide bonds. The number of nitrogens with one attached hydrogen (secondary N) is 1. The topological polar surface area (TPSA) is 29.1 Å². The molecule has 18 heavy (non-hydrogen) atoms. The lowest BCUT2D eigenvalue weighted by molar-refractivity contribution is -0.129. The van der Waals surface area contributed by atoms with E-state index in [0.29, 0.717) is 31.2 Å². The van der Waals surface area contributed by atoms with E-state index in [9.17, 15) is 13.6 Å². The van der Waals surface area contributed by atoms with Crippen molar-refractivity contribution in [2.75, 3.05) is 12.4 Å². The molecule has 1 aliphatic rings. The van der Waals surface area contributed by atoms with Crippen LogP contribution in [0.5, 0.6) is 0 Å². The van der Waals surface area contributed by atoms with Gasteiger partial charge in [-0.1, -0.05) is 13.3 Å². The second-order valence-electron chi connectivity index (χ2n) is 5.13. The summed E-state index contributed by atoms with van der Waals surface area (Å²) in [6, 6.07) is 0. The van der Waals surface area contributed by atoms with E-state index in [-0.39, 0.29) is 24.7 Å². The highest BCUT2D eigenvalue weighted by Gasteiger charge is 2.37. The normalized spacial score (nSPS) is 21.6. The highest BCUT2D eigenvalue weighted by atomic mass is 35.5. The second kappa shape index (κ2) is 7.27. The van der Waals surface area contributed by atoms with Gasteiger partial charge >= 0.3 is 0 Å². The molecular weight excluding hydrogens is 260 g/mol. The Morgan fingerprint density at radius 1 is 1.44 bits per heavy atom. The quantitative estimate of drug-likeness (QED) is 0.741. The molecule has 1 fully saturated rings. The summed E-state index contributed by atoms with van der Waals surface area (Å²) in [5, 5.41) is 2.87. The molecule has 0 heterocycles. The fraction of sp³-hybridized carbons (Fsp3) is 0.923. The van der Waals surface area contributed by atoms with Crippen LogP contribution in [0, 0.1) is 11.8 Å². The molecule has 0 aromatic heterocycles. The molecule has 1 unspecified atom stereocenters. The van der Waals surface area contributed by atoms with E-state index in [0.717, 1.165) is 12.8 Å². The van der Waals surface area contributed by atoms with E-state index >= 15 is 0 Å². The van der Waals surface area contributed by atoms with E-state index in [2.05, 4.69) is 12.2 Å². The number of rotatable bonds is 6. The molecule has 106 valence electrons. The number of amides is 1. The smallest absolute Gasteiger partial charge is 0.248 e. The lowest BCUT2D eigenvalue weighted by atomic mass is 9.86. The summed E-state index contributed by atoms with van der Waals surface area (Å²) in [6.07, 6.45) is 2.11. The van der Waals surface area contributed by atoms with Crippen LogP contribution in [0.2, 0.25) is 0 Å². The maximum absolute atomic E-state index is 13.0. The van der Waals surface area contributed by atoms with Gasteiger partial charge in [0.05, 0.1) is 0 Å². The SMILES string of the molecule is CCC(CCCl)CNC(=O)C1CCC(F)(F)CC1. The average molecular weight is 282 g/mol. The van der Waals surface area contributed by atoms with E-state index in [1.807, 2.05) is 0 Å². The first-order valence-electron chi connectivity index (χ1n) is 6.70. The summed E-state index contributed by atoms with van der Waals surface area (Å²) in [5.74, 6) is -1.90. The molecule has 1 atom stereocenters. The Hall–Kier alpha value is -0.380. The maximum atomic E-state index is 13.0. The van der Waals surface area contributed by atoms with Gasteiger partial charge in [-0.25, -0.2) is 8.78 Å². The zero-order chi connectivity index (χ0) is 13.6. The number of halogens is 3. The third kappa shape index (κ3) is 5.09. The van der Waals surface area contributed by atoms with Crippen molar-refractivity contribution in [3.63, 3.8) is 0 Å². The van der Waals surface area contributed by atoms with Gasteiger partial charge in [0.1, 0.15) is 0 Å². The van der Waals surface area contributed by atoms with Crippen LogP contribution in [-0.2, 0) is 4.79 Å². The first kappa shape index (κ1) is 15.7. The first-order chi connectivity index (χ1) is 8.48. The number of carbonyl (C=O) groups excluding carboxylic acids is 1. The van der Waals surface area contributed by atoms with E-state index in [1.165, 1.54) is 0 Å². The van der Waals surface area contributed by atoms with Gasteiger partial charge in [0.2, 0.25) is 11.8 Å². The molecule has 0 spiro atoms. The standard InChI is InChI=1S/C13H22ClF2NO/c1-2-10(5-8-14)9-17-12(18)11-3-6-13(15,16)7-4-11/h10-11H,2-9H2,1H3,(H,17,18). The van der Waals surface area contributed by atoms with Gasteiger partial charge in [-0.15, -0.1) is 11.6 Å². The molecule has 1 rings (SSSR count). The number of hydrogen-bond donors (Lipinski definition) is 1. The Morgan fingerprint density at radius 3 is 2.56 bits per heavy atom. The van der Waals surface area contributed by atoms with Crippen molar-refractivity contribution in [1.82, 2.24) is 5.32 Å². The van der Waals surface area contributed by atoms with E-state index in [1.54, 1.807) is 0 Å². The molecule has 0 aromatic rings. The minimum Gasteiger partial charge on any atom is -0.356 e. The van der Waals surface area contributed by atoms with Gasteiger partial charge in [-0.05, 0) is 25.2 Å². The third-order valence-electron chi connectivity index (χ3n) is 3.75. The van der Waals surface area contributed by atoms with Crippen LogP contribution in [-0.4, -0.2) is 24.3 Å². The summed E-state index contributed by atoms with van der Waals surface area (Å²) < 4.78 is 25.9. The molecule has 1 saturated carbocycles. The molecule has 0 aliphatic heterocycles. The average Bonchev–Trinajstić information content (AvgIpc) is 2.34. The molecule has 1 aliphatic carbocycles. The van der Waals surface area contributed by atoms with Gasteiger partial charge < -0.3 is 5.32 Å². The maximum Gasteiger partial charge on any atom is 0.248 e. The Morgan fingerprint density at radius 2 is 2.06 bits per heavy atom. The van der Waals surface area contributed by atoms with Gasteiger partial charge in [0.15, 0.2) is 0 Å². The predicted molar refractivity (Wildman–Crippen MR) is 69.0 cm³/mol. The fourth-order valence-electron chi connectivity index (χ4n) is 2.30. The van der Waals surface area contributed by atoms with Gasteiger partial charge in [0.25, 0.3) is 0 Å². The molecule has 5 heteroatoms. The summed E-state index contributed by atoms with van der Waals surface area (Å²) in [4.78, 5) is 11.8. The molecule has 0 bridgehead atoms. The zero-order valence-corrected chi connectivity index (χ0v) is 11.6. The van der Waals surface area contributed by atoms with Crippen molar-refractivity contribution in [3.8, 4) is 0 Å². The Labute approximate surface area is 112 Å². The largest absolute Gasteiger partial charge is 0.356 e. The minimum absolute atomic E-state index is 0.0708. The first-order valence-corrected chi connectivity index (χ1v) is 7.23. The van der Waals surface area contributed by atoms with Crippen LogP contribution in [0.1, 0.15) is 45.4 Å². The monoisotopic (exact) mass is 281 g/mol. The van der Waals surface area contributed by atoms with E-state index in [4.69, 9.17) is 11.6 Å². The van der Waals surface area contributed by atoms with Crippen molar-refractivity contribution in [2.24, 2.45) is 11.8 Å². The highest BCUT2D eigenvalue weighted by Crippen LogP contribution is 2.36. The van der Waals surface area contributed by atoms with Crippen molar-refractivity contribution in [1.29, 1.82) is 0 Å². The van der Waals surface area contributed by atoms with Gasteiger partial charge in [-0.3, -0.25) is 4.79 Å². The Kier molecular flexibility index (Phi) is 6.33. The summed E-state index contributed by atoms with van der Waals surface area (Å²) in [6.45, 7) is 2.67. The zero-order valence-electron chi connectivity index (χ0n) is 10.9. The van der Waals surface area contributed by atoms with Crippen molar-refractivity contribution in [2.45, 2.75) is 51.4 Å². The van der Waals surface area contributed by atoms with Crippen LogP contribution in [0.3, 0.4) is 0 Å². The lowest BCUT2D eigenvalue weighted by Crippen LogP contribution is -2.38. The van der Waals surface area contributed by atoms with E-state index < -0.39 is 5.92 Å². The third-order valence-corrected chi connectivity index (χ3v) is 3.97. The molecule has 1 N–H and O–H groups in total.